The summed E-state index contributed by atoms with van der Waals surface area (Å²) < 4.78 is 4.34. The van der Waals surface area contributed by atoms with Crippen LogP contribution in [-0.2, 0) is 20.1 Å². The first kappa shape index (κ1) is 21.5. The molecule has 25 heavy (non-hydrogen) atoms. The molecule has 2 aromatic heterocycles. The molecule has 0 saturated carbocycles. The number of rotatable bonds is 8. The van der Waals surface area contributed by atoms with Crippen LogP contribution in [0, 0.1) is 6.92 Å². The van der Waals surface area contributed by atoms with Gasteiger partial charge in [0.1, 0.15) is 5.82 Å². The summed E-state index contributed by atoms with van der Waals surface area (Å²) in [6.45, 7) is 7.73. The minimum atomic E-state index is 0. The molecule has 6 nitrogen and oxygen atoms in total. The molecule has 0 aliphatic rings. The smallest absolute Gasteiger partial charge is 0.194 e. The predicted molar refractivity (Wildman–Crippen MR) is 114 cm³/mol. The van der Waals surface area contributed by atoms with Gasteiger partial charge < -0.3 is 19.4 Å². The first-order chi connectivity index (χ1) is 11.6. The van der Waals surface area contributed by atoms with Gasteiger partial charge in [0, 0.05) is 58.0 Å². The van der Waals surface area contributed by atoms with Crippen molar-refractivity contribution in [1.29, 1.82) is 0 Å². The summed E-state index contributed by atoms with van der Waals surface area (Å²) in [4.78, 5) is 11.2. The summed E-state index contributed by atoms with van der Waals surface area (Å²) in [5.41, 5.74) is 1.28. The van der Waals surface area contributed by atoms with E-state index in [1.807, 2.05) is 19.3 Å². The third kappa shape index (κ3) is 6.72. The molecule has 0 unspecified atom stereocenters. The highest BCUT2D eigenvalue weighted by Crippen LogP contribution is 2.04. The number of nitrogens with one attached hydrogen (secondary N) is 1. The van der Waals surface area contributed by atoms with Crippen LogP contribution in [0.1, 0.15) is 31.3 Å². The molecule has 0 spiro atoms. The number of guanidine groups is 1. The molecule has 0 amide bonds. The Bertz CT molecular complexity index is 646. The summed E-state index contributed by atoms with van der Waals surface area (Å²) in [6.07, 6.45) is 8.16. The number of aromatic nitrogens is 3. The van der Waals surface area contributed by atoms with Gasteiger partial charge in [0.25, 0.3) is 0 Å². The van der Waals surface area contributed by atoms with Gasteiger partial charge in [0.2, 0.25) is 0 Å². The molecular formula is C18H31IN6. The number of halogens is 1. The average molecular weight is 458 g/mol. The predicted octanol–water partition coefficient (Wildman–Crippen LogP) is 3.03. The standard InChI is InChI=1S/C18H30N6.HI/c1-5-19-18(23(4)15-17-9-8-12-22(17)3)21-10-6-7-13-24-14-11-20-16(24)2;/h8-9,11-12,14H,5-7,10,13,15H2,1-4H3,(H,19,21);1H. The van der Waals surface area contributed by atoms with Gasteiger partial charge in [-0.05, 0) is 38.8 Å². The van der Waals surface area contributed by atoms with Crippen LogP contribution in [0.4, 0.5) is 0 Å². The molecule has 0 bridgehead atoms. The zero-order valence-corrected chi connectivity index (χ0v) is 18.1. The molecule has 7 heteroatoms. The van der Waals surface area contributed by atoms with E-state index in [0.717, 1.165) is 50.8 Å². The lowest BCUT2D eigenvalue weighted by molar-refractivity contribution is 0.461. The van der Waals surface area contributed by atoms with Crippen molar-refractivity contribution in [3.8, 4) is 0 Å². The van der Waals surface area contributed by atoms with Crippen LogP contribution >= 0.6 is 24.0 Å². The Balaban J connectivity index is 0.00000312. The Hall–Kier alpha value is -1.51. The van der Waals surface area contributed by atoms with Crippen LogP contribution in [0.5, 0.6) is 0 Å². The van der Waals surface area contributed by atoms with Crippen LogP contribution in [0.2, 0.25) is 0 Å². The van der Waals surface area contributed by atoms with E-state index in [1.165, 1.54) is 5.69 Å². The minimum Gasteiger partial charge on any atom is -0.357 e. The lowest BCUT2D eigenvalue weighted by Crippen LogP contribution is -2.38. The van der Waals surface area contributed by atoms with E-state index >= 15 is 0 Å². The molecular weight excluding hydrogens is 427 g/mol. The van der Waals surface area contributed by atoms with Crippen molar-refractivity contribution in [2.24, 2.45) is 12.0 Å². The summed E-state index contributed by atoms with van der Waals surface area (Å²) in [5.74, 6) is 2.05. The molecule has 1 N–H and O–H groups in total. The number of unbranched alkanes of at least 4 members (excludes halogenated alkanes) is 1. The van der Waals surface area contributed by atoms with Gasteiger partial charge >= 0.3 is 0 Å². The molecule has 0 atom stereocenters. The highest BCUT2D eigenvalue weighted by Gasteiger charge is 2.08. The number of imidazole rings is 1. The average Bonchev–Trinajstić information content (AvgIpc) is 3.15. The summed E-state index contributed by atoms with van der Waals surface area (Å²) in [7, 11) is 4.16. The Kier molecular flexibility index (Phi) is 9.62. The summed E-state index contributed by atoms with van der Waals surface area (Å²) in [6, 6.07) is 4.22. The number of aliphatic imine (C=N–C) groups is 1. The van der Waals surface area contributed by atoms with Gasteiger partial charge in [-0.15, -0.1) is 24.0 Å². The monoisotopic (exact) mass is 458 g/mol. The SMILES string of the molecule is CCNC(=NCCCCn1ccnc1C)N(C)Cc1cccn1C.I. The van der Waals surface area contributed by atoms with Crippen molar-refractivity contribution in [2.75, 3.05) is 20.1 Å². The van der Waals surface area contributed by atoms with Gasteiger partial charge in [0.05, 0.1) is 6.54 Å². The lowest BCUT2D eigenvalue weighted by Gasteiger charge is -2.22. The fourth-order valence-electron chi connectivity index (χ4n) is 2.67. The molecule has 0 saturated heterocycles. The lowest BCUT2D eigenvalue weighted by atomic mass is 10.3. The van der Waals surface area contributed by atoms with E-state index in [1.54, 1.807) is 0 Å². The second-order valence-electron chi connectivity index (χ2n) is 6.08. The van der Waals surface area contributed by atoms with E-state index < -0.39 is 0 Å². The van der Waals surface area contributed by atoms with Gasteiger partial charge in [-0.1, -0.05) is 0 Å². The molecule has 0 fully saturated rings. The number of aryl methyl sites for hydroxylation is 3. The van der Waals surface area contributed by atoms with Gasteiger partial charge in [-0.2, -0.15) is 0 Å². The van der Waals surface area contributed by atoms with E-state index in [9.17, 15) is 0 Å². The fourth-order valence-corrected chi connectivity index (χ4v) is 2.67. The second-order valence-corrected chi connectivity index (χ2v) is 6.08. The molecule has 2 rings (SSSR count). The van der Waals surface area contributed by atoms with E-state index in [4.69, 9.17) is 4.99 Å². The topological polar surface area (TPSA) is 50.4 Å². The number of hydrogen-bond donors (Lipinski definition) is 1. The van der Waals surface area contributed by atoms with Crippen molar-refractivity contribution in [3.05, 3.63) is 42.2 Å². The zero-order chi connectivity index (χ0) is 17.4. The molecule has 0 aromatic carbocycles. The second kappa shape index (κ2) is 11.2. The van der Waals surface area contributed by atoms with Crippen LogP contribution < -0.4 is 5.32 Å². The minimum absolute atomic E-state index is 0. The van der Waals surface area contributed by atoms with Gasteiger partial charge in [0.15, 0.2) is 5.96 Å². The molecule has 2 aromatic rings. The first-order valence-corrected chi connectivity index (χ1v) is 8.69. The molecule has 0 radical (unpaired) electrons. The summed E-state index contributed by atoms with van der Waals surface area (Å²) >= 11 is 0. The third-order valence-electron chi connectivity index (χ3n) is 4.14. The normalized spacial score (nSPS) is 11.3. The first-order valence-electron chi connectivity index (χ1n) is 8.69. The van der Waals surface area contributed by atoms with Crippen molar-refractivity contribution in [1.82, 2.24) is 24.3 Å². The maximum Gasteiger partial charge on any atom is 0.194 e. The van der Waals surface area contributed by atoms with Crippen LogP contribution in [0.25, 0.3) is 0 Å². The number of nitrogens with zero attached hydrogens (tertiary/aromatic N) is 5. The maximum absolute atomic E-state index is 4.76. The van der Waals surface area contributed by atoms with Crippen molar-refractivity contribution < 1.29 is 0 Å². The third-order valence-corrected chi connectivity index (χ3v) is 4.14. The molecule has 0 aliphatic carbocycles. The fraction of sp³-hybridized carbons (Fsp3) is 0.556. The van der Waals surface area contributed by atoms with Crippen molar-refractivity contribution in [3.63, 3.8) is 0 Å². The van der Waals surface area contributed by atoms with E-state index in [-0.39, 0.29) is 24.0 Å². The quantitative estimate of drug-likeness (QED) is 0.287. The van der Waals surface area contributed by atoms with Gasteiger partial charge in [-0.25, -0.2) is 4.98 Å². The Morgan fingerprint density at radius 3 is 2.72 bits per heavy atom. The Morgan fingerprint density at radius 2 is 2.12 bits per heavy atom. The van der Waals surface area contributed by atoms with Crippen LogP contribution in [0.3, 0.4) is 0 Å². The molecule has 2 heterocycles. The van der Waals surface area contributed by atoms with E-state index in [2.05, 4.69) is 63.7 Å². The van der Waals surface area contributed by atoms with Crippen molar-refractivity contribution in [2.45, 2.75) is 39.8 Å². The van der Waals surface area contributed by atoms with Gasteiger partial charge in [-0.3, -0.25) is 4.99 Å². The molecule has 0 aliphatic heterocycles. The van der Waals surface area contributed by atoms with Crippen molar-refractivity contribution >= 4 is 29.9 Å². The molecule has 140 valence electrons. The highest BCUT2D eigenvalue weighted by atomic mass is 127. The van der Waals surface area contributed by atoms with Crippen LogP contribution in [0.15, 0.2) is 35.7 Å². The van der Waals surface area contributed by atoms with E-state index in [0.29, 0.717) is 0 Å². The Labute approximate surface area is 168 Å². The van der Waals surface area contributed by atoms with Crippen LogP contribution in [-0.4, -0.2) is 45.1 Å². The number of hydrogen-bond acceptors (Lipinski definition) is 2. The maximum atomic E-state index is 4.76. The largest absolute Gasteiger partial charge is 0.357 e. The zero-order valence-electron chi connectivity index (χ0n) is 15.8. The Morgan fingerprint density at radius 1 is 1.32 bits per heavy atom. The summed E-state index contributed by atoms with van der Waals surface area (Å²) in [5, 5.41) is 3.38. The highest BCUT2D eigenvalue weighted by molar-refractivity contribution is 14.0.